The summed E-state index contributed by atoms with van der Waals surface area (Å²) in [5.74, 6) is -4.85. The van der Waals surface area contributed by atoms with Crippen molar-refractivity contribution in [3.63, 3.8) is 0 Å². The van der Waals surface area contributed by atoms with E-state index in [1.54, 1.807) is 41.5 Å². The molecule has 0 saturated heterocycles. The van der Waals surface area contributed by atoms with Crippen LogP contribution in [0.4, 0.5) is 9.59 Å². The lowest BCUT2D eigenvalue weighted by molar-refractivity contribution is -0.141. The van der Waals surface area contributed by atoms with Crippen molar-refractivity contribution < 1.29 is 76.4 Å². The van der Waals surface area contributed by atoms with Gasteiger partial charge in [-0.25, -0.2) is 9.59 Å². The summed E-state index contributed by atoms with van der Waals surface area (Å²) in [4.78, 5) is 135. The number of azide groups is 4. The molecule has 34 heteroatoms. The number of ether oxygens (including phenoxy) is 6. The molecular weight excluding hydrogens is 1080 g/mol. The number of amides is 7. The third-order valence-electron chi connectivity index (χ3n) is 10.5. The maximum absolute atomic E-state index is 14.5. The maximum Gasteiger partial charge on any atom is 0.444 e. The summed E-state index contributed by atoms with van der Waals surface area (Å²) in [7, 11) is 0. The molecule has 0 aliphatic carbocycles. The second-order valence-corrected chi connectivity index (χ2v) is 19.8. The first kappa shape index (κ1) is 74.5. The van der Waals surface area contributed by atoms with Crippen LogP contribution < -0.4 is 26.6 Å². The predicted molar refractivity (Wildman–Crippen MR) is 291 cm³/mol. The zero-order valence-electron chi connectivity index (χ0n) is 47.9. The van der Waals surface area contributed by atoms with Crippen molar-refractivity contribution >= 4 is 53.3 Å². The van der Waals surface area contributed by atoms with Crippen LogP contribution in [-0.4, -0.2) is 187 Å². The van der Waals surface area contributed by atoms with Crippen molar-refractivity contribution in [2.24, 2.45) is 26.4 Å². The van der Waals surface area contributed by atoms with E-state index in [0.717, 1.165) is 0 Å². The van der Waals surface area contributed by atoms with Gasteiger partial charge in [0.2, 0.25) is 29.5 Å². The Kier molecular flexibility index (Phi) is 41.9. The minimum Gasteiger partial charge on any atom is -0.442 e. The topological polar surface area (TPSA) is 477 Å². The molecule has 0 aromatic rings. The van der Waals surface area contributed by atoms with Gasteiger partial charge in [-0.15, -0.1) is 0 Å². The molecule has 0 bridgehead atoms. The number of carbonyl (C=O) groups is 9. The van der Waals surface area contributed by atoms with Gasteiger partial charge < -0.3 is 55.0 Å². The number of carbonyl (C=O) groups excluding carboxylic acids is 9. The van der Waals surface area contributed by atoms with Gasteiger partial charge in [-0.05, 0) is 121 Å². The zero-order valence-corrected chi connectivity index (χ0v) is 47.9. The zero-order chi connectivity index (χ0) is 61.4. The Morgan fingerprint density at radius 2 is 0.829 bits per heavy atom. The van der Waals surface area contributed by atoms with Gasteiger partial charge in [0.1, 0.15) is 37.6 Å². The van der Waals surface area contributed by atoms with Crippen molar-refractivity contribution in [3.05, 3.63) is 41.8 Å². The van der Waals surface area contributed by atoms with Crippen LogP contribution in [0.15, 0.2) is 20.5 Å². The highest BCUT2D eigenvalue weighted by Gasteiger charge is 2.34. The highest BCUT2D eigenvalue weighted by Crippen LogP contribution is 2.20. The van der Waals surface area contributed by atoms with E-state index in [4.69, 9.17) is 55.4 Å². The molecule has 0 spiro atoms. The number of unbranched alkanes of at least 4 members (excludes halogenated alkanes) is 3. The van der Waals surface area contributed by atoms with Gasteiger partial charge in [0, 0.05) is 84.2 Å². The van der Waals surface area contributed by atoms with Crippen molar-refractivity contribution in [2.75, 3.05) is 105 Å². The molecule has 34 nitrogen and oxygen atoms in total. The molecule has 5 N–H and O–H groups in total. The number of hydrogen-bond acceptors (Lipinski definition) is 20. The van der Waals surface area contributed by atoms with E-state index in [-0.39, 0.29) is 137 Å². The molecular formula is C48H82N18O16. The monoisotopic (exact) mass is 1170 g/mol. The molecule has 0 rings (SSSR count). The van der Waals surface area contributed by atoms with Gasteiger partial charge in [0.05, 0.1) is 45.1 Å². The van der Waals surface area contributed by atoms with Crippen molar-refractivity contribution in [1.82, 2.24) is 31.6 Å². The highest BCUT2D eigenvalue weighted by atomic mass is 16.8. The predicted octanol–water partition coefficient (Wildman–Crippen LogP) is 5.15. The quantitative estimate of drug-likeness (QED) is 0.0173. The van der Waals surface area contributed by atoms with Gasteiger partial charge in [-0.1, -0.05) is 31.9 Å². The summed E-state index contributed by atoms with van der Waals surface area (Å²) in [6.45, 7) is 8.28. The number of nitrogens with one attached hydrogen (secondary N) is 5. The van der Waals surface area contributed by atoms with Crippen molar-refractivity contribution in [1.29, 1.82) is 0 Å². The Hall–Kier alpha value is -7.53. The SMILES string of the molecule is CC(C)(C)OC(=O)N(OCCCC(=O)[C@H](CCCCNC(=O)COCCN=[N+]=[N-])NC(=O)[C@H](CCCCNC(=O)COCCN=[N+]=[N-])CC(=O)[C@H](CCCCNC(=O)COCCN=[N+]=[N-])NC(=O)COCCN=[N+]=[N-])C(=O)OC(C)(C)C. The Morgan fingerprint density at radius 1 is 0.463 bits per heavy atom. The Balaban J connectivity index is 6.65. The van der Waals surface area contributed by atoms with Crippen LogP contribution in [0.1, 0.15) is 119 Å². The summed E-state index contributed by atoms with van der Waals surface area (Å²) < 4.78 is 31.5. The summed E-state index contributed by atoms with van der Waals surface area (Å²) >= 11 is 0. The van der Waals surface area contributed by atoms with E-state index >= 15 is 0 Å². The molecule has 0 aromatic heterocycles. The van der Waals surface area contributed by atoms with Crippen molar-refractivity contribution in [2.45, 2.75) is 142 Å². The summed E-state index contributed by atoms with van der Waals surface area (Å²) in [5.41, 5.74) is 31.8. The lowest BCUT2D eigenvalue weighted by Gasteiger charge is -2.27. The van der Waals surface area contributed by atoms with Crippen molar-refractivity contribution in [3.8, 4) is 0 Å². The Labute approximate surface area is 475 Å². The van der Waals surface area contributed by atoms with Crippen LogP contribution in [0.3, 0.4) is 0 Å². The van der Waals surface area contributed by atoms with Crippen LogP contribution in [0.25, 0.3) is 41.8 Å². The number of Topliss-reactive ketones (excluding diaryl/α,β-unsaturated/α-hetero) is 2. The third-order valence-corrected chi connectivity index (χ3v) is 10.5. The first-order valence-electron chi connectivity index (χ1n) is 26.8. The third kappa shape index (κ3) is 42.4. The molecule has 0 unspecified atom stereocenters. The maximum atomic E-state index is 14.5. The normalized spacial score (nSPS) is 12.0. The van der Waals surface area contributed by atoms with E-state index in [2.05, 4.69) is 66.7 Å². The number of hydrogen-bond donors (Lipinski definition) is 5. The fourth-order valence-electron chi connectivity index (χ4n) is 6.79. The number of imide groups is 1. The fourth-order valence-corrected chi connectivity index (χ4v) is 6.79. The Bertz CT molecular complexity index is 2160. The van der Waals surface area contributed by atoms with Crippen LogP contribution in [0, 0.1) is 5.92 Å². The molecule has 7 amide bonds. The van der Waals surface area contributed by atoms with Crippen LogP contribution in [0.2, 0.25) is 0 Å². The summed E-state index contributed by atoms with van der Waals surface area (Å²) in [6, 6.07) is -2.33. The number of rotatable bonds is 47. The number of hydroxylamine groups is 2. The number of ketones is 2. The molecule has 0 heterocycles. The van der Waals surface area contributed by atoms with Gasteiger partial charge in [-0.2, -0.15) is 0 Å². The molecule has 3 atom stereocenters. The lowest BCUT2D eigenvalue weighted by atomic mass is 9.90. The average molecular weight is 1170 g/mol. The first-order valence-corrected chi connectivity index (χ1v) is 26.8. The summed E-state index contributed by atoms with van der Waals surface area (Å²) in [5, 5.41) is 27.2. The standard InChI is InChI=1S/C48H82N18O16/c1-47(2,3)81-45(74)66(46(75)82-48(4,5)6)80-25-13-17-38(67)36(15-8-11-19-54-41(70)32-77-27-22-57-63-50)61-44(73)35(14-7-10-18-53-40(69)31-76-26-21-56-62-49)30-39(68)37(60-43(72)34-79-29-24-59-65-52)16-9-12-20-55-42(71)33-78-28-23-58-64-51/h35-37H,7-34H2,1-6H3,(H,53,69)(H,54,70)(H,55,71)(H,60,72)(H,61,73)/t35-,36+,37+/m1/s1. The molecule has 0 saturated carbocycles. The van der Waals surface area contributed by atoms with Gasteiger partial charge >= 0.3 is 12.2 Å². The number of nitrogens with zero attached hydrogens (tertiary/aromatic N) is 13. The van der Waals surface area contributed by atoms with Gasteiger partial charge in [-0.3, -0.25) is 38.4 Å². The lowest BCUT2D eigenvalue weighted by Crippen LogP contribution is -2.47. The molecule has 0 fully saturated rings. The molecule has 0 radical (unpaired) electrons. The van der Waals surface area contributed by atoms with E-state index in [9.17, 15) is 43.2 Å². The van der Waals surface area contributed by atoms with E-state index in [0.29, 0.717) is 37.2 Å². The summed E-state index contributed by atoms with van der Waals surface area (Å²) in [6.07, 6.45) is -0.981. The molecule has 0 aliphatic rings. The largest absolute Gasteiger partial charge is 0.444 e. The minimum atomic E-state index is -1.17. The smallest absolute Gasteiger partial charge is 0.442 e. The first-order chi connectivity index (χ1) is 39.1. The Morgan fingerprint density at radius 3 is 1.21 bits per heavy atom. The van der Waals surface area contributed by atoms with Gasteiger partial charge in [0.15, 0.2) is 11.6 Å². The van der Waals surface area contributed by atoms with Crippen LogP contribution >= 0.6 is 0 Å². The highest BCUT2D eigenvalue weighted by molar-refractivity contribution is 5.94. The second-order valence-electron chi connectivity index (χ2n) is 19.8. The fraction of sp³-hybridized carbons (Fsp3) is 0.812. The molecule has 0 aliphatic heterocycles. The minimum absolute atomic E-state index is 0.0226. The van der Waals surface area contributed by atoms with Gasteiger partial charge in [0.25, 0.3) is 0 Å². The van der Waals surface area contributed by atoms with Crippen LogP contribution in [0.5, 0.6) is 0 Å². The average Bonchev–Trinajstić information content (AvgIpc) is 3.40. The molecule has 0 aromatic carbocycles. The van der Waals surface area contributed by atoms with E-state index in [1.165, 1.54) is 0 Å². The molecule has 460 valence electrons. The second kappa shape index (κ2) is 46.1. The van der Waals surface area contributed by atoms with E-state index in [1.807, 2.05) is 0 Å². The van der Waals surface area contributed by atoms with E-state index < -0.39 is 95.5 Å². The molecule has 82 heavy (non-hydrogen) atoms. The van der Waals surface area contributed by atoms with Crippen LogP contribution in [-0.2, 0) is 66.8 Å².